The summed E-state index contributed by atoms with van der Waals surface area (Å²) in [5.74, 6) is 0.341. The van der Waals surface area contributed by atoms with Gasteiger partial charge in [-0.15, -0.1) is 0 Å². The molecule has 0 atom stereocenters. The number of nitro benzene ring substituents is 1. The maximum atomic E-state index is 13.5. The summed E-state index contributed by atoms with van der Waals surface area (Å²) in [6.45, 7) is -0.0803. The summed E-state index contributed by atoms with van der Waals surface area (Å²) in [5, 5.41) is 18.2. The lowest BCUT2D eigenvalue weighted by atomic mass is 10.2. The standard InChI is InChI=1S/C30H17Cl3N4O5/c31-20-10-9-19(22(32)14-20)16-41-28-23(33)11-17(12-25(28)37(39)40)15-34-36-29(27-13-18-5-1-4-8-26(18)42-27)35-24-7-3-2-6-21(24)30(36)38/h1-15H,16H2. The molecule has 42 heavy (non-hydrogen) atoms. The summed E-state index contributed by atoms with van der Waals surface area (Å²) in [4.78, 5) is 29.5. The average molecular weight is 620 g/mol. The lowest BCUT2D eigenvalue weighted by Gasteiger charge is -2.11. The first-order valence-corrected chi connectivity index (χ1v) is 13.5. The minimum Gasteiger partial charge on any atom is -0.481 e. The minimum atomic E-state index is -0.619. The molecule has 0 fully saturated rings. The molecular weight excluding hydrogens is 603 g/mol. The quantitative estimate of drug-likeness (QED) is 0.101. The lowest BCUT2D eigenvalue weighted by molar-refractivity contribution is -0.385. The third kappa shape index (κ3) is 5.33. The fourth-order valence-corrected chi connectivity index (χ4v) is 5.09. The van der Waals surface area contributed by atoms with E-state index in [1.807, 2.05) is 18.2 Å². The smallest absolute Gasteiger partial charge is 0.313 e. The second-order valence-corrected chi connectivity index (χ2v) is 10.3. The fourth-order valence-electron chi connectivity index (χ4n) is 4.35. The number of halogens is 3. The van der Waals surface area contributed by atoms with Gasteiger partial charge in [0.25, 0.3) is 5.56 Å². The number of para-hydroxylation sites is 2. The third-order valence-electron chi connectivity index (χ3n) is 6.35. The summed E-state index contributed by atoms with van der Waals surface area (Å²) in [6, 6.07) is 23.5. The zero-order valence-corrected chi connectivity index (χ0v) is 23.6. The molecule has 0 aliphatic carbocycles. The molecule has 6 rings (SSSR count). The molecule has 0 N–H and O–H groups in total. The molecular formula is C30H17Cl3N4O5. The van der Waals surface area contributed by atoms with E-state index in [0.717, 1.165) is 10.1 Å². The first-order valence-electron chi connectivity index (χ1n) is 12.4. The van der Waals surface area contributed by atoms with Crippen LogP contribution in [0.1, 0.15) is 11.1 Å². The van der Waals surface area contributed by atoms with E-state index >= 15 is 0 Å². The van der Waals surface area contributed by atoms with Crippen LogP contribution in [-0.2, 0) is 6.61 Å². The van der Waals surface area contributed by atoms with Crippen molar-refractivity contribution in [3.63, 3.8) is 0 Å². The van der Waals surface area contributed by atoms with Gasteiger partial charge in [-0.1, -0.05) is 71.2 Å². The van der Waals surface area contributed by atoms with Gasteiger partial charge >= 0.3 is 5.69 Å². The van der Waals surface area contributed by atoms with Crippen LogP contribution in [0.15, 0.2) is 99.2 Å². The van der Waals surface area contributed by atoms with Gasteiger partial charge in [0.05, 0.1) is 27.1 Å². The minimum absolute atomic E-state index is 0.0303. The highest BCUT2D eigenvalue weighted by molar-refractivity contribution is 6.35. The molecule has 208 valence electrons. The summed E-state index contributed by atoms with van der Waals surface area (Å²) in [5.41, 5.74) is 1.05. The molecule has 0 saturated carbocycles. The van der Waals surface area contributed by atoms with Crippen molar-refractivity contribution < 1.29 is 14.1 Å². The van der Waals surface area contributed by atoms with E-state index < -0.39 is 16.2 Å². The Kier molecular flexibility index (Phi) is 7.38. The molecule has 0 radical (unpaired) electrons. The van der Waals surface area contributed by atoms with Crippen LogP contribution in [-0.4, -0.2) is 20.8 Å². The predicted octanol–water partition coefficient (Wildman–Crippen LogP) is 8.14. The van der Waals surface area contributed by atoms with E-state index in [1.54, 1.807) is 54.6 Å². The first-order chi connectivity index (χ1) is 20.3. The van der Waals surface area contributed by atoms with E-state index in [2.05, 4.69) is 10.1 Å². The number of hydrogen-bond acceptors (Lipinski definition) is 7. The Morgan fingerprint density at radius 2 is 1.76 bits per heavy atom. The van der Waals surface area contributed by atoms with Crippen LogP contribution in [0.2, 0.25) is 15.1 Å². The zero-order chi connectivity index (χ0) is 29.4. The van der Waals surface area contributed by atoms with Gasteiger partial charge in [0.1, 0.15) is 12.2 Å². The van der Waals surface area contributed by atoms with Crippen molar-refractivity contribution >= 4 is 68.6 Å². The Balaban J connectivity index is 1.41. The molecule has 0 unspecified atom stereocenters. The molecule has 4 aromatic carbocycles. The zero-order valence-electron chi connectivity index (χ0n) is 21.3. The normalized spacial score (nSPS) is 11.5. The Morgan fingerprint density at radius 3 is 2.55 bits per heavy atom. The number of nitro groups is 1. The third-order valence-corrected chi connectivity index (χ3v) is 7.22. The van der Waals surface area contributed by atoms with Crippen LogP contribution < -0.4 is 10.3 Å². The van der Waals surface area contributed by atoms with Crippen LogP contribution in [0.3, 0.4) is 0 Å². The van der Waals surface area contributed by atoms with Gasteiger partial charge in [0.2, 0.25) is 11.6 Å². The molecule has 2 aromatic heterocycles. The molecule has 9 nitrogen and oxygen atoms in total. The van der Waals surface area contributed by atoms with Crippen molar-refractivity contribution in [3.05, 3.63) is 132 Å². The Bertz CT molecular complexity index is 2070. The van der Waals surface area contributed by atoms with Gasteiger partial charge in [-0.25, -0.2) is 4.98 Å². The second-order valence-electron chi connectivity index (χ2n) is 9.10. The molecule has 0 spiro atoms. The van der Waals surface area contributed by atoms with Gasteiger partial charge in [-0.2, -0.15) is 9.78 Å². The van der Waals surface area contributed by atoms with Crippen molar-refractivity contribution in [1.29, 1.82) is 0 Å². The van der Waals surface area contributed by atoms with Crippen LogP contribution in [0.25, 0.3) is 33.5 Å². The van der Waals surface area contributed by atoms with E-state index in [9.17, 15) is 14.9 Å². The van der Waals surface area contributed by atoms with E-state index in [1.165, 1.54) is 18.3 Å². The topological polar surface area (TPSA) is 113 Å². The molecule has 2 heterocycles. The largest absolute Gasteiger partial charge is 0.481 e. The lowest BCUT2D eigenvalue weighted by Crippen LogP contribution is -2.20. The van der Waals surface area contributed by atoms with E-state index in [-0.39, 0.29) is 28.8 Å². The van der Waals surface area contributed by atoms with Gasteiger partial charge in [-0.05, 0) is 42.5 Å². The van der Waals surface area contributed by atoms with Crippen molar-refractivity contribution in [1.82, 2.24) is 9.66 Å². The molecule has 0 bridgehead atoms. The maximum Gasteiger partial charge on any atom is 0.313 e. The number of fused-ring (bicyclic) bond motifs is 2. The first kappa shape index (κ1) is 27.5. The van der Waals surface area contributed by atoms with Crippen LogP contribution in [0.4, 0.5) is 5.69 Å². The van der Waals surface area contributed by atoms with Crippen molar-refractivity contribution in [2.75, 3.05) is 0 Å². The van der Waals surface area contributed by atoms with Gasteiger partial charge < -0.3 is 9.15 Å². The van der Waals surface area contributed by atoms with Crippen LogP contribution in [0, 0.1) is 10.1 Å². The van der Waals surface area contributed by atoms with E-state index in [0.29, 0.717) is 37.9 Å². The number of furan rings is 1. The SMILES string of the molecule is O=c1c2ccccc2nc(-c2cc3ccccc3o2)n1N=Cc1cc(Cl)c(OCc2ccc(Cl)cc2Cl)c([N+](=O)[O-])c1. The Hall–Kier alpha value is -4.70. The van der Waals surface area contributed by atoms with Crippen LogP contribution in [0.5, 0.6) is 5.75 Å². The monoisotopic (exact) mass is 618 g/mol. The van der Waals surface area contributed by atoms with Gasteiger partial charge in [-0.3, -0.25) is 14.9 Å². The Labute approximate surface area is 252 Å². The molecule has 0 saturated heterocycles. The number of hydrogen-bond donors (Lipinski definition) is 0. The maximum absolute atomic E-state index is 13.5. The number of nitrogens with zero attached hydrogens (tertiary/aromatic N) is 4. The fraction of sp³-hybridized carbons (Fsp3) is 0.0333. The summed E-state index contributed by atoms with van der Waals surface area (Å²) >= 11 is 18.6. The molecule has 0 aliphatic rings. The summed E-state index contributed by atoms with van der Waals surface area (Å²) in [7, 11) is 0. The highest BCUT2D eigenvalue weighted by Gasteiger charge is 2.22. The highest BCUT2D eigenvalue weighted by Crippen LogP contribution is 2.37. The van der Waals surface area contributed by atoms with Gasteiger partial charge in [0, 0.05) is 32.6 Å². The van der Waals surface area contributed by atoms with Crippen LogP contribution >= 0.6 is 34.8 Å². The van der Waals surface area contributed by atoms with Gasteiger partial charge in [0.15, 0.2) is 5.76 Å². The second kappa shape index (κ2) is 11.3. The average Bonchev–Trinajstić information content (AvgIpc) is 3.41. The van der Waals surface area contributed by atoms with Crippen molar-refractivity contribution in [3.8, 4) is 17.3 Å². The number of rotatable bonds is 7. The van der Waals surface area contributed by atoms with Crippen molar-refractivity contribution in [2.45, 2.75) is 6.61 Å². The molecule has 12 heteroatoms. The summed E-state index contributed by atoms with van der Waals surface area (Å²) in [6.07, 6.45) is 1.28. The van der Waals surface area contributed by atoms with E-state index in [4.69, 9.17) is 44.0 Å². The number of benzene rings is 4. The predicted molar refractivity (Wildman–Crippen MR) is 163 cm³/mol. The number of aromatic nitrogens is 2. The Morgan fingerprint density at radius 1 is 0.976 bits per heavy atom. The summed E-state index contributed by atoms with van der Waals surface area (Å²) < 4.78 is 12.8. The number of ether oxygens (including phenoxy) is 1. The molecule has 0 aliphatic heterocycles. The molecule has 6 aromatic rings. The molecule has 0 amide bonds. The highest BCUT2D eigenvalue weighted by atomic mass is 35.5. The van der Waals surface area contributed by atoms with Crippen molar-refractivity contribution in [2.24, 2.45) is 5.10 Å².